The molecule has 2 aliphatic rings. The molecule has 32 heavy (non-hydrogen) atoms. The van der Waals surface area contributed by atoms with Gasteiger partial charge in [0, 0.05) is 18.2 Å². The molecule has 0 aliphatic carbocycles. The minimum atomic E-state index is -3.41. The van der Waals surface area contributed by atoms with E-state index in [2.05, 4.69) is 10.8 Å². The highest BCUT2D eigenvalue weighted by molar-refractivity contribution is 7.88. The molecular weight excluding hydrogens is 428 g/mol. The van der Waals surface area contributed by atoms with Gasteiger partial charge in [-0.2, -0.15) is 0 Å². The molecule has 0 saturated carbocycles. The van der Waals surface area contributed by atoms with Crippen molar-refractivity contribution in [2.45, 2.75) is 44.2 Å². The van der Waals surface area contributed by atoms with Gasteiger partial charge < -0.3 is 14.4 Å². The molecule has 1 fully saturated rings. The SMILES string of the molecule is CS(=O)(=O)NC1CCCN2C(=O)OCCCCOc3ccccc3-c3cccc(c3)CC12. The van der Waals surface area contributed by atoms with E-state index >= 15 is 0 Å². The van der Waals surface area contributed by atoms with Gasteiger partial charge in [-0.15, -0.1) is 0 Å². The van der Waals surface area contributed by atoms with Gasteiger partial charge in [-0.3, -0.25) is 0 Å². The van der Waals surface area contributed by atoms with Crippen LogP contribution in [0.5, 0.6) is 5.75 Å². The molecule has 7 nitrogen and oxygen atoms in total. The van der Waals surface area contributed by atoms with E-state index in [9.17, 15) is 13.2 Å². The highest BCUT2D eigenvalue weighted by Gasteiger charge is 2.36. The maximum absolute atomic E-state index is 12.9. The van der Waals surface area contributed by atoms with Crippen molar-refractivity contribution in [2.24, 2.45) is 0 Å². The van der Waals surface area contributed by atoms with Gasteiger partial charge in [-0.25, -0.2) is 17.9 Å². The van der Waals surface area contributed by atoms with Gasteiger partial charge in [0.25, 0.3) is 0 Å². The van der Waals surface area contributed by atoms with Gasteiger partial charge in [0.1, 0.15) is 5.75 Å². The molecule has 2 heterocycles. The molecular formula is C24H30N2O5S. The fraction of sp³-hybridized carbons (Fsp3) is 0.458. The number of nitrogens with zero attached hydrogens (tertiary/aromatic N) is 1. The average Bonchev–Trinajstić information content (AvgIpc) is 2.76. The van der Waals surface area contributed by atoms with Crippen LogP contribution in [0.3, 0.4) is 0 Å². The molecule has 172 valence electrons. The van der Waals surface area contributed by atoms with Crippen LogP contribution < -0.4 is 9.46 Å². The van der Waals surface area contributed by atoms with Crippen LogP contribution in [0, 0.1) is 0 Å². The first-order valence-electron chi connectivity index (χ1n) is 11.1. The highest BCUT2D eigenvalue weighted by atomic mass is 32.2. The minimum absolute atomic E-state index is 0.310. The van der Waals surface area contributed by atoms with Crippen molar-refractivity contribution in [3.8, 4) is 16.9 Å². The summed E-state index contributed by atoms with van der Waals surface area (Å²) in [7, 11) is -3.41. The molecule has 4 rings (SSSR count). The number of amides is 1. The maximum Gasteiger partial charge on any atom is 0.410 e. The number of benzene rings is 2. The van der Waals surface area contributed by atoms with E-state index in [4.69, 9.17) is 9.47 Å². The van der Waals surface area contributed by atoms with E-state index in [0.717, 1.165) is 41.5 Å². The van der Waals surface area contributed by atoms with Crippen LogP contribution in [0.15, 0.2) is 48.5 Å². The number of nitrogens with one attached hydrogen (secondary N) is 1. The number of carbonyl (C=O) groups excluding carboxylic acids is 1. The molecule has 2 unspecified atom stereocenters. The standard InChI is InChI=1S/C24H30N2O5S/c1-32(28,29)25-21-11-7-13-26-22(21)17-18-8-6-9-19(16-18)20-10-2-3-12-23(20)30-14-4-5-15-31-24(26)27/h2-3,6,8-10,12,16,21-22,25H,4-5,7,11,13-15,17H2,1H3. The third-order valence-corrected chi connectivity index (χ3v) is 6.70. The third kappa shape index (κ3) is 5.61. The van der Waals surface area contributed by atoms with Gasteiger partial charge in [-0.1, -0.05) is 42.5 Å². The van der Waals surface area contributed by atoms with E-state index < -0.39 is 10.0 Å². The smallest absolute Gasteiger partial charge is 0.410 e. The average molecular weight is 459 g/mol. The Morgan fingerprint density at radius 1 is 1.00 bits per heavy atom. The van der Waals surface area contributed by atoms with Crippen LogP contribution in [0.25, 0.3) is 11.1 Å². The highest BCUT2D eigenvalue weighted by Crippen LogP contribution is 2.32. The molecule has 0 spiro atoms. The molecule has 1 N–H and O–H groups in total. The summed E-state index contributed by atoms with van der Waals surface area (Å²) in [5, 5.41) is 0. The number of cyclic esters (lactones) is 1. The normalized spacial score (nSPS) is 22.4. The lowest BCUT2D eigenvalue weighted by atomic mass is 9.90. The molecule has 2 atom stereocenters. The molecule has 8 heteroatoms. The van der Waals surface area contributed by atoms with Gasteiger partial charge >= 0.3 is 6.09 Å². The van der Waals surface area contributed by atoms with Gasteiger partial charge in [0.15, 0.2) is 0 Å². The Balaban J connectivity index is 1.71. The Labute approximate surface area is 189 Å². The quantitative estimate of drug-likeness (QED) is 0.744. The second-order valence-electron chi connectivity index (χ2n) is 8.47. The van der Waals surface area contributed by atoms with Crippen LogP contribution in [0.1, 0.15) is 31.2 Å². The number of hydrogen-bond donors (Lipinski definition) is 1. The zero-order valence-electron chi connectivity index (χ0n) is 18.3. The fourth-order valence-electron chi connectivity index (χ4n) is 4.52. The number of carbonyl (C=O) groups is 1. The zero-order valence-corrected chi connectivity index (χ0v) is 19.1. The van der Waals surface area contributed by atoms with Crippen molar-refractivity contribution in [1.29, 1.82) is 0 Å². The Morgan fingerprint density at radius 2 is 1.78 bits per heavy atom. The van der Waals surface area contributed by atoms with E-state index in [0.29, 0.717) is 39.0 Å². The number of fused-ring (bicyclic) bond motifs is 5. The van der Waals surface area contributed by atoms with E-state index in [1.165, 1.54) is 0 Å². The topological polar surface area (TPSA) is 84.9 Å². The minimum Gasteiger partial charge on any atom is -0.493 e. The lowest BCUT2D eigenvalue weighted by molar-refractivity contribution is 0.0629. The van der Waals surface area contributed by atoms with E-state index in [1.807, 2.05) is 42.5 Å². The second-order valence-corrected chi connectivity index (χ2v) is 10.3. The first-order valence-corrected chi connectivity index (χ1v) is 13.0. The van der Waals surface area contributed by atoms with Crippen molar-refractivity contribution >= 4 is 16.1 Å². The van der Waals surface area contributed by atoms with Gasteiger partial charge in [-0.05, 0) is 49.3 Å². The monoisotopic (exact) mass is 458 g/mol. The molecule has 2 aromatic carbocycles. The molecule has 2 bridgehead atoms. The van der Waals surface area contributed by atoms with Gasteiger partial charge in [0.05, 0.1) is 25.5 Å². The summed E-state index contributed by atoms with van der Waals surface area (Å²) in [5.74, 6) is 0.826. The molecule has 0 aromatic heterocycles. The lowest BCUT2D eigenvalue weighted by Gasteiger charge is -2.40. The Bertz CT molecular complexity index is 1060. The Hall–Kier alpha value is -2.58. The lowest BCUT2D eigenvalue weighted by Crippen LogP contribution is -2.57. The predicted octanol–water partition coefficient (Wildman–Crippen LogP) is 3.59. The second kappa shape index (κ2) is 9.92. The first kappa shape index (κ1) is 22.6. The van der Waals surface area contributed by atoms with Crippen LogP contribution in [0.4, 0.5) is 4.79 Å². The number of ether oxygens (including phenoxy) is 2. The summed E-state index contributed by atoms with van der Waals surface area (Å²) < 4.78 is 38.3. The van der Waals surface area contributed by atoms with Gasteiger partial charge in [0.2, 0.25) is 10.0 Å². The van der Waals surface area contributed by atoms with Crippen molar-refractivity contribution in [3.05, 3.63) is 54.1 Å². The first-order chi connectivity index (χ1) is 15.4. The Morgan fingerprint density at radius 3 is 2.59 bits per heavy atom. The number of piperidine rings is 1. The number of rotatable bonds is 2. The summed E-state index contributed by atoms with van der Waals surface area (Å²) in [6.45, 7) is 1.41. The zero-order chi connectivity index (χ0) is 22.6. The number of hydrogen-bond acceptors (Lipinski definition) is 5. The summed E-state index contributed by atoms with van der Waals surface area (Å²) in [5.41, 5.74) is 3.07. The van der Waals surface area contributed by atoms with Crippen molar-refractivity contribution < 1.29 is 22.7 Å². The van der Waals surface area contributed by atoms with E-state index in [-0.39, 0.29) is 18.2 Å². The molecule has 2 aromatic rings. The van der Waals surface area contributed by atoms with Crippen molar-refractivity contribution in [2.75, 3.05) is 26.0 Å². The van der Waals surface area contributed by atoms with Crippen LogP contribution >= 0.6 is 0 Å². The van der Waals surface area contributed by atoms with Crippen LogP contribution in [-0.2, 0) is 21.2 Å². The fourth-order valence-corrected chi connectivity index (χ4v) is 5.34. The predicted molar refractivity (Wildman–Crippen MR) is 123 cm³/mol. The number of para-hydroxylation sites is 1. The molecule has 1 amide bonds. The summed E-state index contributed by atoms with van der Waals surface area (Å²) in [6, 6.07) is 15.4. The largest absolute Gasteiger partial charge is 0.493 e. The van der Waals surface area contributed by atoms with Crippen LogP contribution in [0.2, 0.25) is 0 Å². The van der Waals surface area contributed by atoms with E-state index in [1.54, 1.807) is 4.90 Å². The number of sulfonamides is 1. The third-order valence-electron chi connectivity index (χ3n) is 5.97. The summed E-state index contributed by atoms with van der Waals surface area (Å²) in [6.07, 6.45) is 4.17. The molecule has 1 saturated heterocycles. The Kier molecular flexibility index (Phi) is 7.01. The molecule has 0 radical (unpaired) electrons. The van der Waals surface area contributed by atoms with Crippen molar-refractivity contribution in [3.63, 3.8) is 0 Å². The van der Waals surface area contributed by atoms with Crippen LogP contribution in [-0.4, -0.2) is 57.5 Å². The van der Waals surface area contributed by atoms with Crippen molar-refractivity contribution in [1.82, 2.24) is 9.62 Å². The summed E-state index contributed by atoms with van der Waals surface area (Å²) in [4.78, 5) is 14.6. The maximum atomic E-state index is 12.9. The summed E-state index contributed by atoms with van der Waals surface area (Å²) >= 11 is 0. The molecule has 2 aliphatic heterocycles.